The maximum absolute atomic E-state index is 11.6. The maximum Gasteiger partial charge on any atom is 0.360 e. The number of methoxy groups -OCH3 is 1. The van der Waals surface area contributed by atoms with E-state index in [1.165, 1.54) is 7.11 Å². The SMILES string of the molecule is CCc1nc(C(=O)OC)c(N)n1CCc1ccnn1C. The molecule has 108 valence electrons. The minimum absolute atomic E-state index is 0.189. The van der Waals surface area contributed by atoms with Gasteiger partial charge < -0.3 is 15.0 Å². The van der Waals surface area contributed by atoms with Crippen LogP contribution >= 0.6 is 0 Å². The van der Waals surface area contributed by atoms with E-state index in [0.717, 1.165) is 17.9 Å². The van der Waals surface area contributed by atoms with Crippen molar-refractivity contribution in [3.05, 3.63) is 29.5 Å². The normalized spacial score (nSPS) is 10.8. The second kappa shape index (κ2) is 5.77. The number of ether oxygens (including phenoxy) is 1. The number of nitrogen functional groups attached to an aromatic ring is 1. The molecule has 0 amide bonds. The van der Waals surface area contributed by atoms with Crippen molar-refractivity contribution in [2.24, 2.45) is 7.05 Å². The number of hydrogen-bond acceptors (Lipinski definition) is 5. The van der Waals surface area contributed by atoms with Crippen LogP contribution in [0, 0.1) is 0 Å². The summed E-state index contributed by atoms with van der Waals surface area (Å²) in [7, 11) is 3.22. The van der Waals surface area contributed by atoms with Gasteiger partial charge in [0.25, 0.3) is 0 Å². The Kier molecular flexibility index (Phi) is 4.07. The fourth-order valence-electron chi connectivity index (χ4n) is 2.15. The summed E-state index contributed by atoms with van der Waals surface area (Å²) in [5, 5.41) is 4.13. The van der Waals surface area contributed by atoms with Gasteiger partial charge in [-0.1, -0.05) is 6.92 Å². The average molecular weight is 277 g/mol. The van der Waals surface area contributed by atoms with Gasteiger partial charge in [0.1, 0.15) is 11.6 Å². The van der Waals surface area contributed by atoms with Crippen LogP contribution in [0.25, 0.3) is 0 Å². The molecule has 0 aromatic carbocycles. The molecule has 0 aliphatic carbocycles. The van der Waals surface area contributed by atoms with Crippen molar-refractivity contribution in [3.8, 4) is 0 Å². The van der Waals surface area contributed by atoms with Crippen LogP contribution in [0.1, 0.15) is 28.9 Å². The summed E-state index contributed by atoms with van der Waals surface area (Å²) in [6.07, 6.45) is 3.23. The third kappa shape index (κ3) is 2.52. The number of esters is 1. The predicted octanol–water partition coefficient (Wildman–Crippen LogP) is 0.790. The monoisotopic (exact) mass is 277 g/mol. The van der Waals surface area contributed by atoms with Gasteiger partial charge in [0, 0.05) is 38.3 Å². The third-order valence-corrected chi connectivity index (χ3v) is 3.29. The van der Waals surface area contributed by atoms with E-state index in [1.54, 1.807) is 6.20 Å². The summed E-state index contributed by atoms with van der Waals surface area (Å²) in [5.74, 6) is 0.637. The molecule has 0 saturated heterocycles. The van der Waals surface area contributed by atoms with Gasteiger partial charge in [0.2, 0.25) is 0 Å². The Bertz CT molecular complexity index is 614. The highest BCUT2D eigenvalue weighted by Gasteiger charge is 2.20. The lowest BCUT2D eigenvalue weighted by Crippen LogP contribution is -2.12. The van der Waals surface area contributed by atoms with Gasteiger partial charge in [-0.25, -0.2) is 9.78 Å². The number of hydrogen-bond donors (Lipinski definition) is 1. The minimum atomic E-state index is -0.503. The van der Waals surface area contributed by atoms with Crippen LogP contribution in [0.3, 0.4) is 0 Å². The number of carbonyl (C=O) groups is 1. The molecule has 7 nitrogen and oxygen atoms in total. The second-order valence-electron chi connectivity index (χ2n) is 4.45. The van der Waals surface area contributed by atoms with Gasteiger partial charge in [-0.05, 0) is 6.07 Å². The fraction of sp³-hybridized carbons (Fsp3) is 0.462. The largest absolute Gasteiger partial charge is 0.464 e. The molecule has 2 rings (SSSR count). The Labute approximate surface area is 117 Å². The van der Waals surface area contributed by atoms with Gasteiger partial charge in [0.05, 0.1) is 7.11 Å². The number of nitrogens with two attached hydrogens (primary N) is 1. The Morgan fingerprint density at radius 3 is 2.80 bits per heavy atom. The number of anilines is 1. The quantitative estimate of drug-likeness (QED) is 0.816. The highest BCUT2D eigenvalue weighted by molar-refractivity contribution is 5.92. The van der Waals surface area contributed by atoms with Gasteiger partial charge in [-0.2, -0.15) is 5.10 Å². The number of nitrogens with zero attached hydrogens (tertiary/aromatic N) is 4. The Hall–Kier alpha value is -2.31. The molecular weight excluding hydrogens is 258 g/mol. The van der Waals surface area contributed by atoms with Crippen molar-refractivity contribution in [3.63, 3.8) is 0 Å². The van der Waals surface area contributed by atoms with Crippen molar-refractivity contribution in [1.82, 2.24) is 19.3 Å². The summed E-state index contributed by atoms with van der Waals surface area (Å²) in [6, 6.07) is 1.96. The first kappa shape index (κ1) is 14.1. The van der Waals surface area contributed by atoms with Crippen molar-refractivity contribution < 1.29 is 9.53 Å². The molecule has 2 heterocycles. The van der Waals surface area contributed by atoms with Crippen LogP contribution < -0.4 is 5.73 Å². The Morgan fingerprint density at radius 2 is 2.25 bits per heavy atom. The lowest BCUT2D eigenvalue weighted by atomic mass is 10.3. The first-order chi connectivity index (χ1) is 9.58. The van der Waals surface area contributed by atoms with Gasteiger partial charge in [-0.3, -0.25) is 4.68 Å². The number of aryl methyl sites for hydroxylation is 3. The lowest BCUT2D eigenvalue weighted by Gasteiger charge is -2.09. The molecule has 2 aromatic heterocycles. The van der Waals surface area contributed by atoms with E-state index in [4.69, 9.17) is 10.5 Å². The van der Waals surface area contributed by atoms with Crippen molar-refractivity contribution in [1.29, 1.82) is 0 Å². The fourth-order valence-corrected chi connectivity index (χ4v) is 2.15. The highest BCUT2D eigenvalue weighted by Crippen LogP contribution is 2.17. The summed E-state index contributed by atoms with van der Waals surface area (Å²) in [5.41, 5.74) is 7.30. The van der Waals surface area contributed by atoms with Gasteiger partial charge in [-0.15, -0.1) is 0 Å². The van der Waals surface area contributed by atoms with Crippen LogP contribution in [-0.4, -0.2) is 32.4 Å². The van der Waals surface area contributed by atoms with Gasteiger partial charge in [0.15, 0.2) is 5.69 Å². The highest BCUT2D eigenvalue weighted by atomic mass is 16.5. The lowest BCUT2D eigenvalue weighted by molar-refractivity contribution is 0.0595. The molecule has 0 aliphatic heterocycles. The van der Waals surface area contributed by atoms with E-state index in [0.29, 0.717) is 18.8 Å². The molecule has 0 aliphatic rings. The number of imidazole rings is 1. The molecule has 0 spiro atoms. The van der Waals surface area contributed by atoms with Crippen LogP contribution in [0.2, 0.25) is 0 Å². The van der Waals surface area contributed by atoms with E-state index < -0.39 is 5.97 Å². The predicted molar refractivity (Wildman–Crippen MR) is 74.3 cm³/mol. The molecule has 0 unspecified atom stereocenters. The first-order valence-corrected chi connectivity index (χ1v) is 6.48. The third-order valence-electron chi connectivity index (χ3n) is 3.29. The zero-order chi connectivity index (χ0) is 14.7. The minimum Gasteiger partial charge on any atom is -0.464 e. The Morgan fingerprint density at radius 1 is 1.50 bits per heavy atom. The second-order valence-corrected chi connectivity index (χ2v) is 4.45. The van der Waals surface area contributed by atoms with Gasteiger partial charge >= 0.3 is 5.97 Å². The van der Waals surface area contributed by atoms with Crippen LogP contribution in [0.5, 0.6) is 0 Å². The van der Waals surface area contributed by atoms with Crippen LogP contribution in [0.15, 0.2) is 12.3 Å². The van der Waals surface area contributed by atoms with E-state index in [9.17, 15) is 4.79 Å². The standard InChI is InChI=1S/C13H19N5O2/c1-4-10-16-11(13(19)20-3)12(14)18(10)8-6-9-5-7-15-17(9)2/h5,7H,4,6,8,14H2,1-3H3. The molecule has 0 fully saturated rings. The molecule has 0 saturated carbocycles. The number of carbonyl (C=O) groups excluding carboxylic acids is 1. The molecule has 0 atom stereocenters. The van der Waals surface area contributed by atoms with Crippen molar-refractivity contribution in [2.75, 3.05) is 12.8 Å². The molecule has 20 heavy (non-hydrogen) atoms. The van der Waals surface area contributed by atoms with E-state index in [-0.39, 0.29) is 5.69 Å². The van der Waals surface area contributed by atoms with Crippen LogP contribution in [-0.2, 0) is 31.2 Å². The molecule has 0 radical (unpaired) electrons. The molecule has 7 heteroatoms. The van der Waals surface area contributed by atoms with Crippen molar-refractivity contribution in [2.45, 2.75) is 26.3 Å². The maximum atomic E-state index is 11.6. The van der Waals surface area contributed by atoms with Crippen molar-refractivity contribution >= 4 is 11.8 Å². The van der Waals surface area contributed by atoms with Crippen LogP contribution in [0.4, 0.5) is 5.82 Å². The molecule has 2 N–H and O–H groups in total. The topological polar surface area (TPSA) is 88.0 Å². The van der Waals surface area contributed by atoms with E-state index in [1.807, 2.05) is 29.3 Å². The molecule has 0 bridgehead atoms. The number of aromatic nitrogens is 4. The van der Waals surface area contributed by atoms with E-state index >= 15 is 0 Å². The zero-order valence-electron chi connectivity index (χ0n) is 12.0. The molecular formula is C13H19N5O2. The van der Waals surface area contributed by atoms with E-state index in [2.05, 4.69) is 10.1 Å². The number of rotatable bonds is 5. The average Bonchev–Trinajstić information content (AvgIpc) is 2.99. The molecule has 2 aromatic rings. The summed E-state index contributed by atoms with van der Waals surface area (Å²) in [6.45, 7) is 2.63. The summed E-state index contributed by atoms with van der Waals surface area (Å²) >= 11 is 0. The summed E-state index contributed by atoms with van der Waals surface area (Å²) < 4.78 is 8.37. The first-order valence-electron chi connectivity index (χ1n) is 6.48. The Balaban J connectivity index is 2.24. The zero-order valence-corrected chi connectivity index (χ0v) is 12.0. The summed E-state index contributed by atoms with van der Waals surface area (Å²) in [4.78, 5) is 15.9. The smallest absolute Gasteiger partial charge is 0.360 e.